The zero-order chi connectivity index (χ0) is 29.7. The number of nitrogens with zero attached hydrogens (tertiary/aromatic N) is 1. The Morgan fingerprint density at radius 2 is 1.56 bits per heavy atom. The highest BCUT2D eigenvalue weighted by molar-refractivity contribution is 6.16. The van der Waals surface area contributed by atoms with Crippen LogP contribution in [0.15, 0.2) is 103 Å². The molecule has 4 atom stereocenters. The fourth-order valence-corrected chi connectivity index (χ4v) is 7.07. The van der Waals surface area contributed by atoms with Crippen molar-refractivity contribution >= 4 is 29.2 Å². The maximum Gasteiger partial charge on any atom is 0.238 e. The molecule has 3 heterocycles. The first-order valence-electron chi connectivity index (χ1n) is 14.5. The smallest absolute Gasteiger partial charge is 0.238 e. The Morgan fingerprint density at radius 3 is 2.33 bits per heavy atom. The summed E-state index contributed by atoms with van der Waals surface area (Å²) in [6.07, 6.45) is 4.58. The third-order valence-corrected chi connectivity index (χ3v) is 8.86. The van der Waals surface area contributed by atoms with E-state index >= 15 is 0 Å². The number of ketones is 2. The first kappa shape index (κ1) is 26.8. The van der Waals surface area contributed by atoms with E-state index in [4.69, 9.17) is 4.74 Å². The van der Waals surface area contributed by atoms with Gasteiger partial charge in [0.15, 0.2) is 11.6 Å². The molecule has 0 bridgehead atoms. The van der Waals surface area contributed by atoms with E-state index in [1.54, 1.807) is 24.3 Å². The van der Waals surface area contributed by atoms with Crippen molar-refractivity contribution in [2.45, 2.75) is 30.8 Å². The van der Waals surface area contributed by atoms with Gasteiger partial charge in [-0.1, -0.05) is 49.4 Å². The maximum absolute atomic E-state index is 14.9. The lowest BCUT2D eigenvalue weighted by atomic mass is 9.62. The molecule has 1 N–H and O–H groups in total. The van der Waals surface area contributed by atoms with Crippen LogP contribution in [0.3, 0.4) is 0 Å². The molecular formula is C36H29FN2O4. The number of ether oxygens (including phenoxy) is 1. The molecule has 7 heteroatoms. The van der Waals surface area contributed by atoms with E-state index in [2.05, 4.69) is 5.32 Å². The molecule has 3 aliphatic heterocycles. The summed E-state index contributed by atoms with van der Waals surface area (Å²) in [4.78, 5) is 45.7. The second-order valence-corrected chi connectivity index (χ2v) is 11.2. The Bertz CT molecular complexity index is 1780. The molecule has 3 aliphatic rings. The lowest BCUT2D eigenvalue weighted by Crippen LogP contribution is -2.49. The number of fused-ring (bicyclic) bond motifs is 6. The second kappa shape index (κ2) is 10.3. The Balaban J connectivity index is 1.47. The third-order valence-electron chi connectivity index (χ3n) is 8.86. The highest BCUT2D eigenvalue weighted by Crippen LogP contribution is 2.62. The van der Waals surface area contributed by atoms with Crippen LogP contribution in [0.5, 0.6) is 5.75 Å². The van der Waals surface area contributed by atoms with Gasteiger partial charge in [0.2, 0.25) is 5.91 Å². The van der Waals surface area contributed by atoms with E-state index in [1.165, 1.54) is 24.3 Å². The molecule has 43 heavy (non-hydrogen) atoms. The number of rotatable bonds is 7. The van der Waals surface area contributed by atoms with Crippen molar-refractivity contribution in [2.75, 3.05) is 11.9 Å². The average Bonchev–Trinajstić information content (AvgIpc) is 3.52. The minimum absolute atomic E-state index is 0.266. The molecule has 0 aliphatic carbocycles. The summed E-state index contributed by atoms with van der Waals surface area (Å²) in [5.74, 6) is -1.94. The molecule has 4 aromatic rings. The van der Waals surface area contributed by atoms with Crippen molar-refractivity contribution in [3.05, 3.63) is 137 Å². The van der Waals surface area contributed by atoms with Crippen LogP contribution >= 0.6 is 0 Å². The van der Waals surface area contributed by atoms with Crippen molar-refractivity contribution in [3.63, 3.8) is 0 Å². The molecule has 6 nitrogen and oxygen atoms in total. The van der Waals surface area contributed by atoms with Crippen LogP contribution in [-0.4, -0.2) is 35.0 Å². The van der Waals surface area contributed by atoms with Crippen molar-refractivity contribution in [1.82, 2.24) is 4.90 Å². The van der Waals surface area contributed by atoms with Crippen molar-refractivity contribution < 1.29 is 23.5 Å². The van der Waals surface area contributed by atoms with Crippen LogP contribution in [0.25, 0.3) is 6.08 Å². The number of para-hydroxylation sites is 1. The van der Waals surface area contributed by atoms with E-state index in [0.29, 0.717) is 29.2 Å². The van der Waals surface area contributed by atoms with E-state index in [-0.39, 0.29) is 23.0 Å². The number of Topliss-reactive ketones (excluding diaryl/α,β-unsaturated/α-hetero) is 2. The topological polar surface area (TPSA) is 75.7 Å². The maximum atomic E-state index is 14.9. The number of nitrogens with one attached hydrogen (secondary N) is 1. The predicted octanol–water partition coefficient (Wildman–Crippen LogP) is 6.60. The molecule has 1 amide bonds. The van der Waals surface area contributed by atoms with Gasteiger partial charge in [-0.05, 0) is 83.8 Å². The molecule has 0 unspecified atom stereocenters. The van der Waals surface area contributed by atoms with Gasteiger partial charge in [0, 0.05) is 23.0 Å². The quantitative estimate of drug-likeness (QED) is 0.253. The van der Waals surface area contributed by atoms with Crippen molar-refractivity contribution in [2.24, 2.45) is 5.92 Å². The van der Waals surface area contributed by atoms with Gasteiger partial charge in [0.25, 0.3) is 0 Å². The summed E-state index contributed by atoms with van der Waals surface area (Å²) in [6, 6.07) is 25.7. The van der Waals surface area contributed by atoms with Gasteiger partial charge in [0.05, 0.1) is 18.6 Å². The van der Waals surface area contributed by atoms with Gasteiger partial charge in [-0.2, -0.15) is 0 Å². The molecule has 1 fully saturated rings. The number of carbonyl (C=O) groups is 3. The number of anilines is 1. The largest absolute Gasteiger partial charge is 0.494 e. The van der Waals surface area contributed by atoms with Crippen molar-refractivity contribution in [1.29, 1.82) is 0 Å². The zero-order valence-electron chi connectivity index (χ0n) is 23.5. The highest BCUT2D eigenvalue weighted by Gasteiger charge is 2.70. The Kier molecular flexibility index (Phi) is 6.46. The van der Waals surface area contributed by atoms with Gasteiger partial charge >= 0.3 is 0 Å². The first-order chi connectivity index (χ1) is 20.9. The highest BCUT2D eigenvalue weighted by atomic mass is 19.1. The summed E-state index contributed by atoms with van der Waals surface area (Å²) >= 11 is 0. The SMILES string of the molecule is CCCOc1ccc(C(=O)[C@H]2[C@H](C(=O)c3ccc(F)cc3)N3C=Cc4ccccc4[C@@H]3[C@]23C(=O)Nc2ccccc23)cc1. The summed E-state index contributed by atoms with van der Waals surface area (Å²) < 4.78 is 19.6. The van der Waals surface area contributed by atoms with Crippen LogP contribution in [-0.2, 0) is 10.2 Å². The standard InChI is InChI=1S/C36H29FN2O4/c1-2-21-43-26-17-13-23(14-18-26)32(40)30-31(33(41)24-11-15-25(37)16-12-24)39-20-19-22-7-3-4-8-27(22)34(39)36(30)28-9-5-6-10-29(28)38-35(36)42/h3-20,30-31,34H,2,21H2,1H3,(H,38,42)/t30-,31-,34-,36-/m1/s1. The third kappa shape index (κ3) is 4.02. The number of hydrogen-bond acceptors (Lipinski definition) is 5. The van der Waals surface area contributed by atoms with Crippen LogP contribution < -0.4 is 10.1 Å². The van der Waals surface area contributed by atoms with Gasteiger partial charge in [-0.15, -0.1) is 0 Å². The molecular weight excluding hydrogens is 543 g/mol. The molecule has 7 rings (SSSR count). The minimum Gasteiger partial charge on any atom is -0.494 e. The van der Waals surface area contributed by atoms with Gasteiger partial charge in [-0.25, -0.2) is 4.39 Å². The van der Waals surface area contributed by atoms with E-state index in [9.17, 15) is 18.8 Å². The normalized spacial score (nSPS) is 23.0. The number of benzene rings is 4. The fourth-order valence-electron chi connectivity index (χ4n) is 7.07. The molecule has 1 saturated heterocycles. The Morgan fingerprint density at radius 1 is 0.884 bits per heavy atom. The molecule has 0 saturated carbocycles. The number of hydrogen-bond donors (Lipinski definition) is 1. The van der Waals surface area contributed by atoms with Crippen molar-refractivity contribution in [3.8, 4) is 5.75 Å². The lowest BCUT2D eigenvalue weighted by molar-refractivity contribution is -0.122. The van der Waals surface area contributed by atoms with Gasteiger partial charge in [0.1, 0.15) is 23.0 Å². The van der Waals surface area contributed by atoms with E-state index in [1.807, 2.05) is 72.6 Å². The molecule has 0 radical (unpaired) electrons. The summed E-state index contributed by atoms with van der Waals surface area (Å²) in [5.41, 5.74) is 2.28. The molecule has 0 aromatic heterocycles. The molecule has 214 valence electrons. The van der Waals surface area contributed by atoms with E-state index < -0.39 is 29.2 Å². The minimum atomic E-state index is -1.42. The summed E-state index contributed by atoms with van der Waals surface area (Å²) in [7, 11) is 0. The first-order valence-corrected chi connectivity index (χ1v) is 14.5. The van der Waals surface area contributed by atoms with Gasteiger partial charge < -0.3 is 15.0 Å². The van der Waals surface area contributed by atoms with E-state index in [0.717, 1.165) is 17.5 Å². The fraction of sp³-hybridized carbons (Fsp3) is 0.194. The van der Waals surface area contributed by atoms with Crippen LogP contribution in [0, 0.1) is 11.7 Å². The summed E-state index contributed by atoms with van der Waals surface area (Å²) in [5, 5.41) is 3.05. The average molecular weight is 573 g/mol. The predicted molar refractivity (Wildman–Crippen MR) is 161 cm³/mol. The monoisotopic (exact) mass is 572 g/mol. The number of carbonyl (C=O) groups excluding carboxylic acids is 3. The number of halogens is 1. The molecule has 1 spiro atoms. The van der Waals surface area contributed by atoms with Crippen LogP contribution in [0.1, 0.15) is 56.8 Å². The lowest BCUT2D eigenvalue weighted by Gasteiger charge is -2.38. The van der Waals surface area contributed by atoms with Gasteiger partial charge in [-0.3, -0.25) is 14.4 Å². The molecule has 4 aromatic carbocycles. The summed E-state index contributed by atoms with van der Waals surface area (Å²) in [6.45, 7) is 2.56. The Hall–Kier alpha value is -5.04. The van der Waals surface area contributed by atoms with Crippen LogP contribution in [0.2, 0.25) is 0 Å². The second-order valence-electron chi connectivity index (χ2n) is 11.2. The number of amides is 1. The Labute approximate surface area is 248 Å². The zero-order valence-corrected chi connectivity index (χ0v) is 23.5. The van der Waals surface area contributed by atoms with Crippen LogP contribution in [0.4, 0.5) is 10.1 Å².